The molecule has 0 aliphatic carbocycles. The van der Waals surface area contributed by atoms with Crippen LogP contribution in [0.1, 0.15) is 12.0 Å². The fraction of sp³-hybridized carbons (Fsp3) is 0.333. The minimum absolute atomic E-state index is 0.162. The molecule has 0 amide bonds. The molecule has 2 aromatic heterocycles. The number of pyridine rings is 2. The third-order valence-corrected chi connectivity index (χ3v) is 4.29. The van der Waals surface area contributed by atoms with Gasteiger partial charge in [0.2, 0.25) is 0 Å². The predicted octanol–water partition coefficient (Wildman–Crippen LogP) is 3.86. The van der Waals surface area contributed by atoms with Gasteiger partial charge in [0.15, 0.2) is 0 Å². The summed E-state index contributed by atoms with van der Waals surface area (Å²) in [6.45, 7) is 3.74. The molecular formula is C15H15BrClN3O. The summed E-state index contributed by atoms with van der Waals surface area (Å²) in [7, 11) is 0. The predicted molar refractivity (Wildman–Crippen MR) is 87.2 cm³/mol. The van der Waals surface area contributed by atoms with E-state index >= 15 is 0 Å². The number of anilines is 1. The van der Waals surface area contributed by atoms with E-state index in [2.05, 4.69) is 30.8 Å². The molecule has 1 atom stereocenters. The maximum atomic E-state index is 6.07. The van der Waals surface area contributed by atoms with Crippen molar-refractivity contribution in [3.8, 4) is 5.75 Å². The quantitative estimate of drug-likeness (QED) is 0.824. The van der Waals surface area contributed by atoms with Crippen molar-refractivity contribution < 1.29 is 4.74 Å². The van der Waals surface area contributed by atoms with Gasteiger partial charge in [-0.15, -0.1) is 0 Å². The van der Waals surface area contributed by atoms with Crippen LogP contribution in [0.4, 0.5) is 5.82 Å². The van der Waals surface area contributed by atoms with Crippen LogP contribution in [0.3, 0.4) is 0 Å². The normalized spacial score (nSPS) is 18.0. The van der Waals surface area contributed by atoms with E-state index < -0.39 is 0 Å². The first kappa shape index (κ1) is 14.6. The van der Waals surface area contributed by atoms with E-state index in [4.69, 9.17) is 16.3 Å². The molecule has 2 aromatic rings. The Bertz CT molecular complexity index is 653. The third kappa shape index (κ3) is 3.30. The van der Waals surface area contributed by atoms with Crippen molar-refractivity contribution in [1.82, 2.24) is 9.97 Å². The van der Waals surface area contributed by atoms with Gasteiger partial charge < -0.3 is 9.64 Å². The fourth-order valence-electron chi connectivity index (χ4n) is 2.43. The van der Waals surface area contributed by atoms with Gasteiger partial charge in [-0.1, -0.05) is 11.6 Å². The molecule has 4 nitrogen and oxygen atoms in total. The fourth-order valence-corrected chi connectivity index (χ4v) is 3.32. The molecule has 1 saturated heterocycles. The molecule has 3 rings (SSSR count). The van der Waals surface area contributed by atoms with E-state index in [-0.39, 0.29) is 6.10 Å². The second-order valence-electron chi connectivity index (χ2n) is 5.07. The molecule has 0 radical (unpaired) electrons. The smallest absolute Gasteiger partial charge is 0.143 e. The highest BCUT2D eigenvalue weighted by Crippen LogP contribution is 2.30. The van der Waals surface area contributed by atoms with E-state index in [1.54, 1.807) is 12.4 Å². The van der Waals surface area contributed by atoms with Crippen LogP contribution in [-0.4, -0.2) is 29.2 Å². The summed E-state index contributed by atoms with van der Waals surface area (Å²) in [5.74, 6) is 1.82. The van der Waals surface area contributed by atoms with Crippen molar-refractivity contribution >= 4 is 33.3 Å². The van der Waals surface area contributed by atoms with Gasteiger partial charge in [-0.25, -0.2) is 4.98 Å². The summed E-state index contributed by atoms with van der Waals surface area (Å²) < 4.78 is 6.98. The Morgan fingerprint density at radius 1 is 1.43 bits per heavy atom. The van der Waals surface area contributed by atoms with Crippen LogP contribution < -0.4 is 9.64 Å². The summed E-state index contributed by atoms with van der Waals surface area (Å²) in [5, 5.41) is 0.630. The van der Waals surface area contributed by atoms with Crippen molar-refractivity contribution in [1.29, 1.82) is 0 Å². The number of aromatic nitrogens is 2. The minimum atomic E-state index is 0.162. The van der Waals surface area contributed by atoms with Gasteiger partial charge in [0.05, 0.1) is 16.0 Å². The Labute approximate surface area is 137 Å². The molecule has 0 spiro atoms. The highest BCUT2D eigenvalue weighted by molar-refractivity contribution is 9.10. The Morgan fingerprint density at radius 2 is 2.29 bits per heavy atom. The number of nitrogens with zero attached hydrogens (tertiary/aromatic N) is 3. The minimum Gasteiger partial charge on any atom is -0.488 e. The Balaban J connectivity index is 1.69. The Morgan fingerprint density at radius 3 is 3.05 bits per heavy atom. The molecule has 110 valence electrons. The maximum Gasteiger partial charge on any atom is 0.143 e. The second-order valence-corrected chi connectivity index (χ2v) is 6.37. The number of ether oxygens (including phenoxy) is 1. The largest absolute Gasteiger partial charge is 0.488 e. The number of rotatable bonds is 3. The van der Waals surface area contributed by atoms with Crippen LogP contribution >= 0.6 is 27.5 Å². The van der Waals surface area contributed by atoms with Gasteiger partial charge in [0.25, 0.3) is 0 Å². The lowest BCUT2D eigenvalue weighted by Crippen LogP contribution is -2.25. The first-order valence-corrected chi connectivity index (χ1v) is 7.94. The SMILES string of the molecule is Cc1cnccc1OC1CCN(c2ncc(Cl)cc2Br)C1. The molecule has 1 aliphatic rings. The van der Waals surface area contributed by atoms with Crippen molar-refractivity contribution in [2.45, 2.75) is 19.4 Å². The molecule has 1 unspecified atom stereocenters. The standard InChI is InChI=1S/C15H15BrClN3O/c1-10-7-18-4-2-14(10)21-12-3-5-20(9-12)15-13(16)6-11(17)8-19-15/h2,4,6-8,12H,3,5,9H2,1H3. The van der Waals surface area contributed by atoms with Crippen molar-refractivity contribution in [2.75, 3.05) is 18.0 Å². The van der Waals surface area contributed by atoms with Gasteiger partial charge in [0, 0.05) is 37.1 Å². The summed E-state index contributed by atoms with van der Waals surface area (Å²) in [6.07, 6.45) is 6.38. The molecule has 0 saturated carbocycles. The third-order valence-electron chi connectivity index (χ3n) is 3.50. The summed E-state index contributed by atoms with van der Waals surface area (Å²) in [5.41, 5.74) is 1.06. The summed E-state index contributed by atoms with van der Waals surface area (Å²) in [4.78, 5) is 10.7. The molecule has 1 fully saturated rings. The van der Waals surface area contributed by atoms with Crippen LogP contribution in [0.25, 0.3) is 0 Å². The molecule has 0 N–H and O–H groups in total. The number of halogens is 2. The van der Waals surface area contributed by atoms with Crippen molar-refractivity contribution in [2.24, 2.45) is 0 Å². The lowest BCUT2D eigenvalue weighted by molar-refractivity contribution is 0.223. The van der Waals surface area contributed by atoms with Gasteiger partial charge in [-0.05, 0) is 35.0 Å². The highest BCUT2D eigenvalue weighted by atomic mass is 79.9. The summed E-state index contributed by atoms with van der Waals surface area (Å²) in [6, 6.07) is 3.78. The average molecular weight is 369 g/mol. The van der Waals surface area contributed by atoms with Crippen LogP contribution in [0, 0.1) is 6.92 Å². The first-order chi connectivity index (χ1) is 10.1. The number of aryl methyl sites for hydroxylation is 1. The molecular weight excluding hydrogens is 354 g/mol. The van der Waals surface area contributed by atoms with Crippen molar-refractivity contribution in [3.63, 3.8) is 0 Å². The lowest BCUT2D eigenvalue weighted by atomic mass is 10.2. The van der Waals surface area contributed by atoms with Gasteiger partial charge in [0.1, 0.15) is 17.7 Å². The van der Waals surface area contributed by atoms with Crippen LogP contribution in [-0.2, 0) is 0 Å². The second kappa shape index (κ2) is 6.20. The zero-order valence-electron chi connectivity index (χ0n) is 11.6. The molecule has 0 aromatic carbocycles. The van der Waals surface area contributed by atoms with E-state index in [0.29, 0.717) is 5.02 Å². The summed E-state index contributed by atoms with van der Waals surface area (Å²) >= 11 is 9.45. The van der Waals surface area contributed by atoms with E-state index in [0.717, 1.165) is 41.1 Å². The van der Waals surface area contributed by atoms with Gasteiger partial charge in [-0.3, -0.25) is 4.98 Å². The van der Waals surface area contributed by atoms with Gasteiger partial charge in [-0.2, -0.15) is 0 Å². The van der Waals surface area contributed by atoms with E-state index in [9.17, 15) is 0 Å². The number of hydrogen-bond donors (Lipinski definition) is 0. The molecule has 6 heteroatoms. The van der Waals surface area contributed by atoms with Gasteiger partial charge >= 0.3 is 0 Å². The Hall–Kier alpha value is -1.33. The maximum absolute atomic E-state index is 6.07. The average Bonchev–Trinajstić information content (AvgIpc) is 2.90. The molecule has 3 heterocycles. The molecule has 0 bridgehead atoms. The molecule has 1 aliphatic heterocycles. The molecule has 21 heavy (non-hydrogen) atoms. The van der Waals surface area contributed by atoms with Crippen LogP contribution in [0.5, 0.6) is 5.75 Å². The van der Waals surface area contributed by atoms with E-state index in [1.807, 2.05) is 25.3 Å². The Kier molecular flexibility index (Phi) is 4.31. The van der Waals surface area contributed by atoms with Crippen LogP contribution in [0.15, 0.2) is 35.2 Å². The first-order valence-electron chi connectivity index (χ1n) is 6.77. The lowest BCUT2D eigenvalue weighted by Gasteiger charge is -2.19. The highest BCUT2D eigenvalue weighted by Gasteiger charge is 2.26. The zero-order valence-corrected chi connectivity index (χ0v) is 13.9. The van der Waals surface area contributed by atoms with Crippen molar-refractivity contribution in [3.05, 3.63) is 45.8 Å². The van der Waals surface area contributed by atoms with E-state index in [1.165, 1.54) is 0 Å². The monoisotopic (exact) mass is 367 g/mol. The number of hydrogen-bond acceptors (Lipinski definition) is 4. The van der Waals surface area contributed by atoms with Crippen LogP contribution in [0.2, 0.25) is 5.02 Å². The zero-order chi connectivity index (χ0) is 14.8. The topological polar surface area (TPSA) is 38.2 Å².